The van der Waals surface area contributed by atoms with Crippen LogP contribution in [-0.4, -0.2) is 32.9 Å². The Morgan fingerprint density at radius 1 is 0.879 bits per heavy atom. The fourth-order valence-electron chi connectivity index (χ4n) is 3.53. The lowest BCUT2D eigenvalue weighted by Crippen LogP contribution is -2.10. The number of methoxy groups -OCH3 is 2. The molecular formula is C28H38O5. The molecule has 0 fully saturated rings. The van der Waals surface area contributed by atoms with E-state index >= 15 is 0 Å². The molecule has 180 valence electrons. The first-order chi connectivity index (χ1) is 15.9. The first-order valence-corrected chi connectivity index (χ1v) is 11.4. The molecule has 0 spiro atoms. The van der Waals surface area contributed by atoms with E-state index in [1.165, 1.54) is 11.1 Å². The van der Waals surface area contributed by atoms with Gasteiger partial charge in [0.15, 0.2) is 13.6 Å². The SMILES string of the molecule is COCOc1cc(CCc2ccccc2)cc(OCOC)c1C(O)/C=C(\C)CCC=C(C)C. The van der Waals surface area contributed by atoms with Crippen molar-refractivity contribution >= 4 is 0 Å². The molecule has 0 saturated carbocycles. The highest BCUT2D eigenvalue weighted by atomic mass is 16.7. The minimum Gasteiger partial charge on any atom is -0.467 e. The van der Waals surface area contributed by atoms with Gasteiger partial charge in [-0.05, 0) is 69.7 Å². The van der Waals surface area contributed by atoms with E-state index < -0.39 is 6.10 Å². The number of aliphatic hydroxyl groups is 1. The van der Waals surface area contributed by atoms with Crippen molar-refractivity contribution in [2.75, 3.05) is 27.8 Å². The van der Waals surface area contributed by atoms with Crippen LogP contribution >= 0.6 is 0 Å². The fourth-order valence-corrected chi connectivity index (χ4v) is 3.53. The van der Waals surface area contributed by atoms with Gasteiger partial charge in [0, 0.05) is 14.2 Å². The maximum absolute atomic E-state index is 11.1. The van der Waals surface area contributed by atoms with Gasteiger partial charge in [-0.15, -0.1) is 0 Å². The summed E-state index contributed by atoms with van der Waals surface area (Å²) in [6.45, 7) is 6.36. The highest BCUT2D eigenvalue weighted by molar-refractivity contribution is 5.51. The Hall–Kier alpha value is -2.60. The van der Waals surface area contributed by atoms with Crippen molar-refractivity contribution in [2.45, 2.75) is 52.6 Å². The average Bonchev–Trinajstić information content (AvgIpc) is 2.80. The number of benzene rings is 2. The normalized spacial score (nSPS) is 12.4. The van der Waals surface area contributed by atoms with Gasteiger partial charge in [-0.2, -0.15) is 0 Å². The summed E-state index contributed by atoms with van der Waals surface area (Å²) in [5, 5.41) is 11.1. The third kappa shape index (κ3) is 9.42. The van der Waals surface area contributed by atoms with E-state index in [0.717, 1.165) is 36.8 Å². The van der Waals surface area contributed by atoms with E-state index in [0.29, 0.717) is 17.1 Å². The van der Waals surface area contributed by atoms with E-state index in [9.17, 15) is 5.11 Å². The third-order valence-electron chi connectivity index (χ3n) is 5.20. The van der Waals surface area contributed by atoms with E-state index in [1.807, 2.05) is 43.3 Å². The highest BCUT2D eigenvalue weighted by Crippen LogP contribution is 2.38. The summed E-state index contributed by atoms with van der Waals surface area (Å²) < 4.78 is 22.0. The highest BCUT2D eigenvalue weighted by Gasteiger charge is 2.20. The minimum atomic E-state index is -0.876. The number of ether oxygens (including phenoxy) is 4. The summed E-state index contributed by atoms with van der Waals surface area (Å²) in [4.78, 5) is 0. The van der Waals surface area contributed by atoms with Crippen LogP contribution in [0, 0.1) is 0 Å². The van der Waals surface area contributed by atoms with Gasteiger partial charge in [0.1, 0.15) is 17.6 Å². The molecule has 0 radical (unpaired) electrons. The maximum Gasteiger partial charge on any atom is 0.188 e. The first-order valence-electron chi connectivity index (χ1n) is 11.4. The fraction of sp³-hybridized carbons (Fsp3) is 0.429. The van der Waals surface area contributed by atoms with E-state index in [2.05, 4.69) is 32.1 Å². The largest absolute Gasteiger partial charge is 0.467 e. The second kappa shape index (κ2) is 14.5. The maximum atomic E-state index is 11.1. The van der Waals surface area contributed by atoms with Crippen molar-refractivity contribution in [3.05, 3.63) is 82.5 Å². The molecule has 1 N–H and O–H groups in total. The molecule has 1 unspecified atom stereocenters. The van der Waals surface area contributed by atoms with Gasteiger partial charge < -0.3 is 24.1 Å². The van der Waals surface area contributed by atoms with Gasteiger partial charge >= 0.3 is 0 Å². The number of allylic oxidation sites excluding steroid dienone is 3. The molecule has 0 aliphatic carbocycles. The molecular weight excluding hydrogens is 416 g/mol. The molecule has 2 rings (SSSR count). The lowest BCUT2D eigenvalue weighted by Gasteiger charge is -2.20. The van der Waals surface area contributed by atoms with E-state index in [-0.39, 0.29) is 13.6 Å². The Morgan fingerprint density at radius 3 is 2.00 bits per heavy atom. The van der Waals surface area contributed by atoms with Crippen LogP contribution in [0.1, 0.15) is 56.4 Å². The van der Waals surface area contributed by atoms with Gasteiger partial charge in [-0.1, -0.05) is 53.6 Å². The minimum absolute atomic E-state index is 0.0782. The van der Waals surface area contributed by atoms with Crippen molar-refractivity contribution in [3.63, 3.8) is 0 Å². The van der Waals surface area contributed by atoms with Crippen LogP contribution in [0.25, 0.3) is 0 Å². The molecule has 0 heterocycles. The number of rotatable bonds is 14. The summed E-state index contributed by atoms with van der Waals surface area (Å²) in [7, 11) is 3.15. The van der Waals surface area contributed by atoms with Crippen molar-refractivity contribution in [1.29, 1.82) is 0 Å². The summed E-state index contributed by atoms with van der Waals surface area (Å²) in [5.41, 5.74) is 5.28. The topological polar surface area (TPSA) is 57.2 Å². The van der Waals surface area contributed by atoms with E-state index in [1.54, 1.807) is 14.2 Å². The molecule has 2 aromatic carbocycles. The Morgan fingerprint density at radius 2 is 1.45 bits per heavy atom. The van der Waals surface area contributed by atoms with Crippen molar-refractivity contribution in [2.24, 2.45) is 0 Å². The molecule has 0 saturated heterocycles. The monoisotopic (exact) mass is 454 g/mol. The summed E-state index contributed by atoms with van der Waals surface area (Å²) in [6.07, 6.45) is 6.70. The quantitative estimate of drug-likeness (QED) is 0.273. The van der Waals surface area contributed by atoms with E-state index in [4.69, 9.17) is 18.9 Å². The standard InChI is InChI=1S/C28H38O5/c1-21(2)10-9-11-22(3)16-25(29)28-26(32-19-30-4)17-24(18-27(28)33-20-31-5)15-14-23-12-7-6-8-13-23/h6-8,10,12-13,16-18,25,29H,9,11,14-15,19-20H2,1-5H3/b22-16+. The Labute approximate surface area is 198 Å². The zero-order chi connectivity index (χ0) is 24.1. The molecule has 0 aliphatic heterocycles. The summed E-state index contributed by atoms with van der Waals surface area (Å²) in [6, 6.07) is 14.3. The first kappa shape index (κ1) is 26.7. The van der Waals surface area contributed by atoms with Crippen LogP contribution in [0.4, 0.5) is 0 Å². The van der Waals surface area contributed by atoms with Gasteiger partial charge in [0.25, 0.3) is 0 Å². The zero-order valence-electron chi connectivity index (χ0n) is 20.6. The lowest BCUT2D eigenvalue weighted by molar-refractivity contribution is 0.0416. The zero-order valence-corrected chi connectivity index (χ0v) is 20.6. The summed E-state index contributed by atoms with van der Waals surface area (Å²) >= 11 is 0. The second-order valence-electron chi connectivity index (χ2n) is 8.37. The van der Waals surface area contributed by atoms with Crippen molar-refractivity contribution in [3.8, 4) is 11.5 Å². The van der Waals surface area contributed by atoms with Crippen LogP contribution in [0.3, 0.4) is 0 Å². The molecule has 33 heavy (non-hydrogen) atoms. The molecule has 5 nitrogen and oxygen atoms in total. The second-order valence-corrected chi connectivity index (χ2v) is 8.37. The summed E-state index contributed by atoms with van der Waals surface area (Å²) in [5.74, 6) is 1.10. The predicted octanol–water partition coefficient (Wildman–Crippen LogP) is 6.16. The molecule has 0 aromatic heterocycles. The lowest BCUT2D eigenvalue weighted by atomic mass is 9.98. The van der Waals surface area contributed by atoms with Gasteiger partial charge in [0.05, 0.1) is 5.56 Å². The molecule has 0 aliphatic rings. The van der Waals surface area contributed by atoms with Crippen molar-refractivity contribution < 1.29 is 24.1 Å². The number of aryl methyl sites for hydroxylation is 2. The van der Waals surface area contributed by atoms with Crippen LogP contribution in [0.2, 0.25) is 0 Å². The molecule has 1 atom stereocenters. The smallest absolute Gasteiger partial charge is 0.188 e. The Bertz CT molecular complexity index is 869. The number of aliphatic hydroxyl groups excluding tert-OH is 1. The molecule has 2 aromatic rings. The van der Waals surface area contributed by atoms with Crippen LogP contribution in [0.15, 0.2) is 65.8 Å². The Balaban J connectivity index is 2.34. The number of hydrogen-bond donors (Lipinski definition) is 1. The van der Waals surface area contributed by atoms with Crippen LogP contribution in [0.5, 0.6) is 11.5 Å². The third-order valence-corrected chi connectivity index (χ3v) is 5.20. The molecule has 5 heteroatoms. The molecule has 0 bridgehead atoms. The molecule has 0 amide bonds. The van der Waals surface area contributed by atoms with Gasteiger partial charge in [-0.25, -0.2) is 0 Å². The van der Waals surface area contributed by atoms with Crippen LogP contribution in [-0.2, 0) is 22.3 Å². The van der Waals surface area contributed by atoms with Gasteiger partial charge in [0.2, 0.25) is 0 Å². The van der Waals surface area contributed by atoms with Crippen molar-refractivity contribution in [1.82, 2.24) is 0 Å². The average molecular weight is 455 g/mol. The van der Waals surface area contributed by atoms with Crippen LogP contribution < -0.4 is 9.47 Å². The Kier molecular flexibility index (Phi) is 11.7. The predicted molar refractivity (Wildman–Crippen MR) is 133 cm³/mol. The van der Waals surface area contributed by atoms with Gasteiger partial charge in [-0.3, -0.25) is 0 Å². The number of hydrogen-bond acceptors (Lipinski definition) is 5.